The first-order chi connectivity index (χ1) is 10.1. The third kappa shape index (κ3) is 3.33. The van der Waals surface area contributed by atoms with E-state index in [1.54, 1.807) is 0 Å². The second-order valence-electron chi connectivity index (χ2n) is 6.09. The molecule has 110 valence electrons. The second-order valence-corrected chi connectivity index (χ2v) is 7.31. The molecule has 2 heteroatoms. The van der Waals surface area contributed by atoms with E-state index < -0.39 is 0 Å². The maximum atomic E-state index is 6.25. The number of benzene rings is 2. The van der Waals surface area contributed by atoms with Crippen LogP contribution in [0.15, 0.2) is 47.4 Å². The predicted molar refractivity (Wildman–Crippen MR) is 91.9 cm³/mol. The molecule has 2 atom stereocenters. The Balaban J connectivity index is 1.84. The Kier molecular flexibility index (Phi) is 4.37. The van der Waals surface area contributed by atoms with Crippen LogP contribution in [0.25, 0.3) is 0 Å². The van der Waals surface area contributed by atoms with Crippen molar-refractivity contribution in [3.8, 4) is 0 Å². The monoisotopic (exact) mass is 297 g/mol. The molecule has 0 saturated heterocycles. The first-order valence-electron chi connectivity index (χ1n) is 7.74. The summed E-state index contributed by atoms with van der Waals surface area (Å²) in [6.45, 7) is 4.23. The normalized spacial score (nSPS) is 16.5. The predicted octanol–water partition coefficient (Wildman–Crippen LogP) is 4.66. The van der Waals surface area contributed by atoms with Crippen molar-refractivity contribution in [3.63, 3.8) is 0 Å². The van der Waals surface area contributed by atoms with Gasteiger partial charge in [-0.2, -0.15) is 0 Å². The number of hydrogen-bond donors (Lipinski definition) is 1. The maximum Gasteiger partial charge on any atom is 0.0492 e. The number of hydrogen-bond acceptors (Lipinski definition) is 2. The smallest absolute Gasteiger partial charge is 0.0492 e. The average molecular weight is 297 g/mol. The lowest BCUT2D eigenvalue weighted by atomic mass is 10.1. The molecule has 2 N–H and O–H groups in total. The molecule has 21 heavy (non-hydrogen) atoms. The summed E-state index contributed by atoms with van der Waals surface area (Å²) in [6.07, 6.45) is 3.78. The SMILES string of the molecule is Cc1ccc(C(Sc2ccc3c(c2)CCC3)C(C)N)cc1. The Hall–Kier alpha value is -1.25. The Bertz CT molecular complexity index is 616. The zero-order valence-corrected chi connectivity index (χ0v) is 13.6. The highest BCUT2D eigenvalue weighted by Crippen LogP contribution is 2.38. The van der Waals surface area contributed by atoms with Gasteiger partial charge in [0.25, 0.3) is 0 Å². The topological polar surface area (TPSA) is 26.0 Å². The van der Waals surface area contributed by atoms with E-state index in [1.165, 1.54) is 46.4 Å². The number of aryl methyl sites for hydroxylation is 3. The van der Waals surface area contributed by atoms with Crippen molar-refractivity contribution < 1.29 is 0 Å². The van der Waals surface area contributed by atoms with Crippen molar-refractivity contribution in [2.24, 2.45) is 5.73 Å². The largest absolute Gasteiger partial charge is 0.327 e. The summed E-state index contributed by atoms with van der Waals surface area (Å²) in [6, 6.07) is 15.8. The summed E-state index contributed by atoms with van der Waals surface area (Å²) in [4.78, 5) is 1.35. The molecule has 1 nitrogen and oxygen atoms in total. The number of rotatable bonds is 4. The number of nitrogens with two attached hydrogens (primary N) is 1. The summed E-state index contributed by atoms with van der Waals surface area (Å²) in [7, 11) is 0. The molecule has 0 fully saturated rings. The third-order valence-electron chi connectivity index (χ3n) is 4.22. The van der Waals surface area contributed by atoms with Crippen LogP contribution in [-0.4, -0.2) is 6.04 Å². The molecule has 1 aliphatic carbocycles. The van der Waals surface area contributed by atoms with Crippen molar-refractivity contribution in [3.05, 3.63) is 64.7 Å². The van der Waals surface area contributed by atoms with Gasteiger partial charge in [-0.15, -0.1) is 11.8 Å². The lowest BCUT2D eigenvalue weighted by molar-refractivity contribution is 0.721. The van der Waals surface area contributed by atoms with E-state index in [0.717, 1.165) is 0 Å². The van der Waals surface area contributed by atoms with Crippen LogP contribution in [0.4, 0.5) is 0 Å². The molecule has 1 aliphatic rings. The van der Waals surface area contributed by atoms with E-state index in [2.05, 4.69) is 56.3 Å². The van der Waals surface area contributed by atoms with Crippen LogP contribution in [0.2, 0.25) is 0 Å². The van der Waals surface area contributed by atoms with E-state index in [9.17, 15) is 0 Å². The first kappa shape index (κ1) is 14.7. The van der Waals surface area contributed by atoms with Gasteiger partial charge in [-0.05, 0) is 61.9 Å². The van der Waals surface area contributed by atoms with Gasteiger partial charge in [0.2, 0.25) is 0 Å². The molecular weight excluding hydrogens is 274 g/mol. The van der Waals surface area contributed by atoms with Crippen molar-refractivity contribution in [1.82, 2.24) is 0 Å². The van der Waals surface area contributed by atoms with E-state index in [1.807, 2.05) is 11.8 Å². The van der Waals surface area contributed by atoms with Gasteiger partial charge in [-0.1, -0.05) is 35.9 Å². The molecule has 2 aromatic carbocycles. The Morgan fingerprint density at radius 1 is 1.00 bits per heavy atom. The van der Waals surface area contributed by atoms with Gasteiger partial charge in [0.1, 0.15) is 0 Å². The fourth-order valence-electron chi connectivity index (χ4n) is 3.00. The summed E-state index contributed by atoms with van der Waals surface area (Å²) in [5.41, 5.74) is 11.9. The average Bonchev–Trinajstić information content (AvgIpc) is 2.93. The molecular formula is C19H23NS. The van der Waals surface area contributed by atoms with Gasteiger partial charge in [0.05, 0.1) is 0 Å². The fraction of sp³-hybridized carbons (Fsp3) is 0.368. The van der Waals surface area contributed by atoms with Crippen LogP contribution in [0, 0.1) is 6.92 Å². The van der Waals surface area contributed by atoms with Crippen molar-refractivity contribution in [2.45, 2.75) is 49.3 Å². The van der Waals surface area contributed by atoms with E-state index in [0.29, 0.717) is 5.25 Å². The van der Waals surface area contributed by atoms with Gasteiger partial charge in [-0.3, -0.25) is 0 Å². The van der Waals surface area contributed by atoms with Crippen LogP contribution in [0.1, 0.15) is 40.8 Å². The van der Waals surface area contributed by atoms with E-state index in [4.69, 9.17) is 5.73 Å². The zero-order valence-electron chi connectivity index (χ0n) is 12.8. The van der Waals surface area contributed by atoms with Crippen LogP contribution < -0.4 is 5.73 Å². The second kappa shape index (κ2) is 6.25. The van der Waals surface area contributed by atoms with Crippen molar-refractivity contribution in [2.75, 3.05) is 0 Å². The Morgan fingerprint density at radius 2 is 1.71 bits per heavy atom. The summed E-state index contributed by atoms with van der Waals surface area (Å²) in [5.74, 6) is 0. The minimum absolute atomic E-state index is 0.131. The minimum Gasteiger partial charge on any atom is -0.327 e. The highest BCUT2D eigenvalue weighted by Gasteiger charge is 2.19. The number of thioether (sulfide) groups is 1. The fourth-order valence-corrected chi connectivity index (χ4v) is 4.16. The minimum atomic E-state index is 0.131. The molecule has 0 aromatic heterocycles. The summed E-state index contributed by atoms with van der Waals surface area (Å²) < 4.78 is 0. The Labute approximate surface area is 132 Å². The van der Waals surface area contributed by atoms with Gasteiger partial charge in [-0.25, -0.2) is 0 Å². The molecule has 2 unspecified atom stereocenters. The van der Waals surface area contributed by atoms with Crippen LogP contribution >= 0.6 is 11.8 Å². The molecule has 2 aromatic rings. The standard InChI is InChI=1S/C19H23NS/c1-13-6-8-16(9-7-13)19(14(2)20)21-18-11-10-15-4-3-5-17(15)12-18/h6-12,14,19H,3-5,20H2,1-2H3. The van der Waals surface area contributed by atoms with Gasteiger partial charge >= 0.3 is 0 Å². The first-order valence-corrected chi connectivity index (χ1v) is 8.62. The zero-order chi connectivity index (χ0) is 14.8. The highest BCUT2D eigenvalue weighted by atomic mass is 32.2. The number of fused-ring (bicyclic) bond motifs is 1. The third-order valence-corrected chi connectivity index (χ3v) is 5.70. The van der Waals surface area contributed by atoms with Gasteiger partial charge in [0, 0.05) is 16.2 Å². The maximum absolute atomic E-state index is 6.25. The molecule has 0 amide bonds. The molecule has 0 bridgehead atoms. The molecule has 3 rings (SSSR count). The quantitative estimate of drug-likeness (QED) is 0.830. The van der Waals surface area contributed by atoms with E-state index in [-0.39, 0.29) is 6.04 Å². The van der Waals surface area contributed by atoms with Crippen LogP contribution in [0.3, 0.4) is 0 Å². The Morgan fingerprint density at radius 3 is 2.43 bits per heavy atom. The van der Waals surface area contributed by atoms with Crippen molar-refractivity contribution >= 4 is 11.8 Å². The van der Waals surface area contributed by atoms with Crippen molar-refractivity contribution in [1.29, 1.82) is 0 Å². The van der Waals surface area contributed by atoms with E-state index >= 15 is 0 Å². The van der Waals surface area contributed by atoms with Gasteiger partial charge < -0.3 is 5.73 Å². The summed E-state index contributed by atoms with van der Waals surface area (Å²) >= 11 is 1.90. The molecule has 0 spiro atoms. The molecule has 0 heterocycles. The van der Waals surface area contributed by atoms with Crippen LogP contribution in [0.5, 0.6) is 0 Å². The lowest BCUT2D eigenvalue weighted by Gasteiger charge is -2.21. The van der Waals surface area contributed by atoms with Gasteiger partial charge in [0.15, 0.2) is 0 Å². The lowest BCUT2D eigenvalue weighted by Crippen LogP contribution is -2.22. The summed E-state index contributed by atoms with van der Waals surface area (Å²) in [5, 5.41) is 0.310. The molecule has 0 aliphatic heterocycles. The molecule has 0 saturated carbocycles. The van der Waals surface area contributed by atoms with Crippen LogP contribution in [-0.2, 0) is 12.8 Å². The highest BCUT2D eigenvalue weighted by molar-refractivity contribution is 7.99. The molecule has 0 radical (unpaired) electrons.